The minimum Gasteiger partial charge on any atom is -0.481 e. The highest BCUT2D eigenvalue weighted by atomic mass is 32.2. The molecule has 6 rings (SSSR count). The fourth-order valence-corrected chi connectivity index (χ4v) is 9.77. The van der Waals surface area contributed by atoms with E-state index in [2.05, 4.69) is 4.74 Å². The molecule has 4 aromatic rings. The number of amides is 2. The van der Waals surface area contributed by atoms with E-state index in [1.54, 1.807) is 84.2 Å². The number of ether oxygens (including phenoxy) is 3. The Hall–Kier alpha value is -5.16. The van der Waals surface area contributed by atoms with E-state index in [1.165, 1.54) is 31.4 Å². The molecule has 0 aromatic heterocycles. The van der Waals surface area contributed by atoms with E-state index in [4.69, 9.17) is 14.6 Å². The average Bonchev–Trinajstić information content (AvgIpc) is 3.86. The van der Waals surface area contributed by atoms with E-state index in [-0.39, 0.29) is 47.9 Å². The van der Waals surface area contributed by atoms with Gasteiger partial charge in [0, 0.05) is 74.5 Å². The first-order valence-electron chi connectivity index (χ1n) is 22.8. The van der Waals surface area contributed by atoms with Crippen molar-refractivity contribution in [3.8, 4) is 23.0 Å². The molecule has 4 aromatic carbocycles. The Morgan fingerprint density at radius 2 is 1.06 bits per heavy atom. The van der Waals surface area contributed by atoms with Gasteiger partial charge in [-0.3, -0.25) is 19.2 Å². The number of hydrogen-bond acceptors (Lipinski definition) is 11. The van der Waals surface area contributed by atoms with Crippen molar-refractivity contribution in [2.24, 2.45) is 0 Å². The van der Waals surface area contributed by atoms with Crippen LogP contribution in [0.15, 0.2) is 97.1 Å². The van der Waals surface area contributed by atoms with Crippen LogP contribution < -0.4 is 9.47 Å². The molecule has 362 valence electrons. The smallest absolute Gasteiger partial charge is 0.305 e. The largest absolute Gasteiger partial charge is 0.481 e. The predicted octanol–water partition coefficient (Wildman–Crippen LogP) is 10.1. The Labute approximate surface area is 400 Å². The molecule has 2 unspecified atom stereocenters. The van der Waals surface area contributed by atoms with Gasteiger partial charge in [-0.2, -0.15) is 23.5 Å². The van der Waals surface area contributed by atoms with Gasteiger partial charge in [0.25, 0.3) is 0 Å². The van der Waals surface area contributed by atoms with Gasteiger partial charge in [-0.1, -0.05) is 36.4 Å². The second-order valence-electron chi connectivity index (χ2n) is 16.4. The monoisotopic (exact) mass is 964 g/mol. The number of nitrogens with zero attached hydrogens (tertiary/aromatic N) is 2. The minimum atomic E-state index is -0.782. The zero-order valence-corrected chi connectivity index (χ0v) is 39.6. The minimum absolute atomic E-state index is 0.110. The third kappa shape index (κ3) is 18.5. The highest BCUT2D eigenvalue weighted by molar-refractivity contribution is 7.99. The van der Waals surface area contributed by atoms with Crippen LogP contribution in [0.1, 0.15) is 100 Å². The van der Waals surface area contributed by atoms with E-state index in [0.717, 1.165) is 54.3 Å². The number of carboxylic acids is 1. The molecule has 2 heterocycles. The molecule has 3 N–H and O–H groups in total. The maximum atomic E-state index is 13.4. The number of thioether (sulfide) groups is 2. The van der Waals surface area contributed by atoms with E-state index in [1.807, 2.05) is 21.9 Å². The van der Waals surface area contributed by atoms with Gasteiger partial charge in [-0.25, -0.2) is 8.78 Å². The Morgan fingerprint density at radius 3 is 1.48 bits per heavy atom. The molecule has 2 saturated heterocycles. The summed E-state index contributed by atoms with van der Waals surface area (Å²) in [6.07, 6.45) is 5.75. The Balaban J connectivity index is 0.000000251. The molecule has 2 fully saturated rings. The molecule has 4 atom stereocenters. The lowest BCUT2D eigenvalue weighted by molar-refractivity contribution is -0.140. The molecular weight excluding hydrogens is 903 g/mol. The number of aliphatic carboxylic acids is 1. The molecule has 67 heavy (non-hydrogen) atoms. The number of carbonyl (C=O) groups excluding carboxylic acids is 3. The van der Waals surface area contributed by atoms with Crippen molar-refractivity contribution in [2.75, 3.05) is 43.2 Å². The van der Waals surface area contributed by atoms with Crippen molar-refractivity contribution in [3.63, 3.8) is 0 Å². The molecule has 0 radical (unpaired) electrons. The number of rotatable bonds is 26. The van der Waals surface area contributed by atoms with Crippen LogP contribution in [-0.2, 0) is 23.9 Å². The van der Waals surface area contributed by atoms with Crippen LogP contribution in [0.3, 0.4) is 0 Å². The van der Waals surface area contributed by atoms with Gasteiger partial charge in [-0.15, -0.1) is 0 Å². The summed E-state index contributed by atoms with van der Waals surface area (Å²) >= 11 is 3.40. The molecule has 0 spiro atoms. The summed E-state index contributed by atoms with van der Waals surface area (Å²) in [4.78, 5) is 50.2. The average molecular weight is 965 g/mol. The first kappa shape index (κ1) is 52.8. The normalized spacial score (nSPS) is 16.6. The Kier molecular flexibility index (Phi) is 22.3. The zero-order chi connectivity index (χ0) is 48.0. The maximum absolute atomic E-state index is 13.4. The zero-order valence-electron chi connectivity index (χ0n) is 37.9. The third-order valence-corrected chi connectivity index (χ3v) is 13.6. The molecule has 0 saturated carbocycles. The quantitative estimate of drug-likeness (QED) is 0.0404. The summed E-state index contributed by atoms with van der Waals surface area (Å²) in [6.45, 7) is 1.33. The molecule has 16 heteroatoms. The molecular formula is C51H62F2N2O10S2. The molecule has 0 aliphatic carbocycles. The summed E-state index contributed by atoms with van der Waals surface area (Å²) in [5.41, 5.74) is 1.44. The Morgan fingerprint density at radius 1 is 0.642 bits per heavy atom. The van der Waals surface area contributed by atoms with Crippen LogP contribution in [0.5, 0.6) is 23.0 Å². The van der Waals surface area contributed by atoms with Crippen LogP contribution in [0.2, 0.25) is 0 Å². The Bertz CT molecular complexity index is 2200. The number of halogens is 2. The highest BCUT2D eigenvalue weighted by Gasteiger charge is 2.32. The van der Waals surface area contributed by atoms with Crippen molar-refractivity contribution in [3.05, 3.63) is 120 Å². The van der Waals surface area contributed by atoms with Gasteiger partial charge in [0.1, 0.15) is 34.6 Å². The first-order valence-corrected chi connectivity index (χ1v) is 25.2. The lowest BCUT2D eigenvalue weighted by atomic mass is 10.0. The summed E-state index contributed by atoms with van der Waals surface area (Å²) in [7, 11) is 1.39. The number of carboxylic acid groups (broad SMARTS) is 1. The number of aliphatic hydroxyl groups excluding tert-OH is 2. The second kappa shape index (κ2) is 28.2. The number of benzene rings is 4. The van der Waals surface area contributed by atoms with Crippen LogP contribution >= 0.6 is 23.5 Å². The SMILES string of the molecule is COC(=O)CCCSCCN1C(=O)CC[C@@H]1CCC(O)c1cccc(Oc2cccc(F)c2)c1.O=C(O)CCCSCCN1C(=O)CC[C@@H]1CCC(O)c1cccc(Oc2cccc(F)c2)c1. The van der Waals surface area contributed by atoms with E-state index >= 15 is 0 Å². The summed E-state index contributed by atoms with van der Waals surface area (Å²) < 4.78 is 42.8. The van der Waals surface area contributed by atoms with Gasteiger partial charge in [0.15, 0.2) is 0 Å². The number of aliphatic hydroxyl groups is 2. The number of carbonyl (C=O) groups is 4. The first-order chi connectivity index (χ1) is 32.4. The summed E-state index contributed by atoms with van der Waals surface area (Å²) in [5.74, 6) is 3.66. The van der Waals surface area contributed by atoms with Crippen LogP contribution in [-0.4, -0.2) is 104 Å². The van der Waals surface area contributed by atoms with Gasteiger partial charge >= 0.3 is 11.9 Å². The maximum Gasteiger partial charge on any atom is 0.305 e. The lowest BCUT2D eigenvalue weighted by Gasteiger charge is -2.25. The molecule has 12 nitrogen and oxygen atoms in total. The number of esters is 1. The molecule has 2 aliphatic heterocycles. The van der Waals surface area contributed by atoms with E-state index in [9.17, 15) is 38.2 Å². The fourth-order valence-electron chi connectivity index (χ4n) is 8.01. The van der Waals surface area contributed by atoms with Crippen molar-refractivity contribution in [1.82, 2.24) is 9.80 Å². The lowest BCUT2D eigenvalue weighted by Crippen LogP contribution is -2.35. The standard InChI is InChI=1S/C26H32FNO5S.C25H30FNO5S/c1-32-26(31)9-4-15-34-16-14-28-21(11-13-25(28)30)10-12-24(29)19-5-2-7-22(17-19)33-23-8-3-6-20(27)18-23;26-19-5-2-7-22(17-19)32-21-6-1-4-18(16-21)23(28)11-9-20-10-12-24(29)27(20)13-15-33-14-3-8-25(30)31/h2-3,5-8,17-18,21,24,29H,4,9-16H2,1H3;1-2,4-7,16-17,20,23,28H,3,8-15H2,(H,30,31)/t21-,24?;20-,23?/m00/s1. The molecule has 0 bridgehead atoms. The number of methoxy groups -OCH3 is 1. The van der Waals surface area contributed by atoms with Gasteiger partial charge < -0.3 is 39.3 Å². The third-order valence-electron chi connectivity index (χ3n) is 11.5. The van der Waals surface area contributed by atoms with Gasteiger partial charge in [-0.05, 0) is 123 Å². The van der Waals surface area contributed by atoms with Crippen molar-refractivity contribution < 1.29 is 57.5 Å². The van der Waals surface area contributed by atoms with Gasteiger partial charge in [0.05, 0.1) is 19.3 Å². The van der Waals surface area contributed by atoms with Gasteiger partial charge in [0.2, 0.25) is 11.8 Å². The topological polar surface area (TPSA) is 163 Å². The second-order valence-corrected chi connectivity index (χ2v) is 18.9. The fraction of sp³-hybridized carbons (Fsp3) is 0.451. The predicted molar refractivity (Wildman–Crippen MR) is 256 cm³/mol. The van der Waals surface area contributed by atoms with Crippen molar-refractivity contribution in [1.29, 1.82) is 0 Å². The number of hydrogen-bond donors (Lipinski definition) is 3. The van der Waals surface area contributed by atoms with Crippen LogP contribution in [0.25, 0.3) is 0 Å². The highest BCUT2D eigenvalue weighted by Crippen LogP contribution is 2.32. The van der Waals surface area contributed by atoms with E-state index < -0.39 is 18.2 Å². The van der Waals surface area contributed by atoms with Crippen molar-refractivity contribution >= 4 is 47.3 Å². The van der Waals surface area contributed by atoms with Crippen LogP contribution in [0.4, 0.5) is 8.78 Å². The summed E-state index contributed by atoms with van der Waals surface area (Å²) in [5, 5.41) is 30.1. The molecule has 2 amide bonds. The molecule has 2 aliphatic rings. The van der Waals surface area contributed by atoms with E-state index in [0.29, 0.717) is 86.6 Å². The summed E-state index contributed by atoms with van der Waals surface area (Å²) in [6, 6.07) is 26.4. The number of likely N-dealkylation sites (tertiary alicyclic amines) is 2. The van der Waals surface area contributed by atoms with Crippen LogP contribution in [0, 0.1) is 11.6 Å². The van der Waals surface area contributed by atoms with Crippen molar-refractivity contribution in [2.45, 2.75) is 101 Å².